The van der Waals surface area contributed by atoms with Gasteiger partial charge in [-0.1, -0.05) is 78.1 Å². The van der Waals surface area contributed by atoms with Crippen molar-refractivity contribution in [2.24, 2.45) is 17.8 Å². The Hall–Kier alpha value is -1.06. The van der Waals surface area contributed by atoms with Crippen LogP contribution in [0.3, 0.4) is 0 Å². The minimum atomic E-state index is -0.516. The molecular weight excluding hydrogens is 364 g/mol. The summed E-state index contributed by atoms with van der Waals surface area (Å²) in [5, 5.41) is 0. The molecule has 0 radical (unpaired) electrons. The third-order valence-electron chi connectivity index (χ3n) is 5.70. The second kappa shape index (κ2) is 14.0. The highest BCUT2D eigenvalue weighted by molar-refractivity contribution is 5.82. The lowest BCUT2D eigenvalue weighted by Crippen LogP contribution is -2.38. The standard InChI is InChI=1S/C25H46O4/c1-20(2)16-12-10-8-6-7-9-11-15-19-28-23(26)21-17-13-14-18-22(21)24(27)29-25(3,4)5/h20-22H,6-19H2,1-5H3. The van der Waals surface area contributed by atoms with Gasteiger partial charge in [0.2, 0.25) is 0 Å². The van der Waals surface area contributed by atoms with Gasteiger partial charge in [0.25, 0.3) is 0 Å². The maximum Gasteiger partial charge on any atom is 0.310 e. The molecule has 1 saturated carbocycles. The molecule has 4 heteroatoms. The van der Waals surface area contributed by atoms with Gasteiger partial charge >= 0.3 is 11.9 Å². The van der Waals surface area contributed by atoms with E-state index in [0.29, 0.717) is 6.61 Å². The Labute approximate surface area is 179 Å². The van der Waals surface area contributed by atoms with Crippen LogP contribution in [0.4, 0.5) is 0 Å². The topological polar surface area (TPSA) is 52.6 Å². The number of unbranched alkanes of at least 4 members (excludes halogenated alkanes) is 7. The highest BCUT2D eigenvalue weighted by Crippen LogP contribution is 2.33. The van der Waals surface area contributed by atoms with Crippen molar-refractivity contribution >= 4 is 11.9 Å². The van der Waals surface area contributed by atoms with Crippen molar-refractivity contribution < 1.29 is 19.1 Å². The summed E-state index contributed by atoms with van der Waals surface area (Å²) >= 11 is 0. The van der Waals surface area contributed by atoms with Crippen LogP contribution < -0.4 is 0 Å². The second-order valence-electron chi connectivity index (χ2n) is 10.2. The smallest absolute Gasteiger partial charge is 0.310 e. The molecular formula is C25H46O4. The fraction of sp³-hybridized carbons (Fsp3) is 0.920. The number of hydrogen-bond acceptors (Lipinski definition) is 4. The fourth-order valence-corrected chi connectivity index (χ4v) is 4.07. The Morgan fingerprint density at radius 1 is 0.793 bits per heavy atom. The lowest BCUT2D eigenvalue weighted by molar-refractivity contribution is -0.170. The summed E-state index contributed by atoms with van der Waals surface area (Å²) in [5.74, 6) is -0.292. The van der Waals surface area contributed by atoms with Crippen LogP contribution in [-0.4, -0.2) is 24.1 Å². The summed E-state index contributed by atoms with van der Waals surface area (Å²) in [6.45, 7) is 10.7. The van der Waals surface area contributed by atoms with Gasteiger partial charge in [0.15, 0.2) is 0 Å². The molecule has 2 atom stereocenters. The van der Waals surface area contributed by atoms with Gasteiger partial charge in [-0.05, 0) is 46.0 Å². The maximum absolute atomic E-state index is 12.5. The van der Waals surface area contributed by atoms with Crippen molar-refractivity contribution in [2.45, 2.75) is 124 Å². The van der Waals surface area contributed by atoms with Crippen LogP contribution in [0.2, 0.25) is 0 Å². The van der Waals surface area contributed by atoms with Gasteiger partial charge in [0.05, 0.1) is 18.4 Å². The first-order valence-electron chi connectivity index (χ1n) is 12.1. The molecule has 0 aliphatic heterocycles. The first-order chi connectivity index (χ1) is 13.7. The minimum absolute atomic E-state index is 0.203. The van der Waals surface area contributed by atoms with E-state index in [1.54, 1.807) is 0 Å². The molecule has 4 nitrogen and oxygen atoms in total. The van der Waals surface area contributed by atoms with E-state index in [1.165, 1.54) is 44.9 Å². The van der Waals surface area contributed by atoms with Gasteiger partial charge in [0.1, 0.15) is 5.60 Å². The van der Waals surface area contributed by atoms with E-state index in [4.69, 9.17) is 9.47 Å². The van der Waals surface area contributed by atoms with Crippen LogP contribution in [0.15, 0.2) is 0 Å². The van der Waals surface area contributed by atoms with E-state index in [0.717, 1.165) is 44.4 Å². The van der Waals surface area contributed by atoms with Gasteiger partial charge in [-0.25, -0.2) is 0 Å². The zero-order valence-electron chi connectivity index (χ0n) is 19.8. The second-order valence-corrected chi connectivity index (χ2v) is 10.2. The Balaban J connectivity index is 2.15. The van der Waals surface area contributed by atoms with Crippen molar-refractivity contribution in [2.75, 3.05) is 6.61 Å². The van der Waals surface area contributed by atoms with E-state index < -0.39 is 5.60 Å². The van der Waals surface area contributed by atoms with Gasteiger partial charge in [-0.2, -0.15) is 0 Å². The van der Waals surface area contributed by atoms with Crippen LogP contribution in [0.1, 0.15) is 118 Å². The number of rotatable bonds is 13. The number of hydrogen-bond donors (Lipinski definition) is 0. The third kappa shape index (κ3) is 12.3. The number of carbonyl (C=O) groups excluding carboxylic acids is 2. The Kier molecular flexibility index (Phi) is 12.6. The fourth-order valence-electron chi connectivity index (χ4n) is 4.07. The first kappa shape index (κ1) is 26.0. The Bertz CT molecular complexity index is 464. The van der Waals surface area contributed by atoms with E-state index >= 15 is 0 Å². The monoisotopic (exact) mass is 410 g/mol. The summed E-state index contributed by atoms with van der Waals surface area (Å²) in [6, 6.07) is 0. The Morgan fingerprint density at radius 2 is 1.28 bits per heavy atom. The number of esters is 2. The van der Waals surface area contributed by atoms with Gasteiger partial charge in [-0.15, -0.1) is 0 Å². The molecule has 0 spiro atoms. The van der Waals surface area contributed by atoms with E-state index in [2.05, 4.69) is 13.8 Å². The molecule has 1 rings (SSSR count). The molecule has 0 saturated heterocycles. The highest BCUT2D eigenvalue weighted by Gasteiger charge is 2.39. The van der Waals surface area contributed by atoms with Crippen molar-refractivity contribution in [3.05, 3.63) is 0 Å². The van der Waals surface area contributed by atoms with Crippen LogP contribution in [0.25, 0.3) is 0 Å². The average Bonchev–Trinajstić information content (AvgIpc) is 2.64. The highest BCUT2D eigenvalue weighted by atomic mass is 16.6. The molecule has 0 aromatic rings. The molecule has 1 fully saturated rings. The summed E-state index contributed by atoms with van der Waals surface area (Å²) in [6.07, 6.45) is 14.7. The van der Waals surface area contributed by atoms with Crippen molar-refractivity contribution in [3.8, 4) is 0 Å². The SMILES string of the molecule is CC(C)CCCCCCCCCCOC(=O)C1CCCCC1C(=O)OC(C)(C)C. The largest absolute Gasteiger partial charge is 0.465 e. The van der Waals surface area contributed by atoms with E-state index in [1.807, 2.05) is 20.8 Å². The van der Waals surface area contributed by atoms with Gasteiger partial charge < -0.3 is 9.47 Å². The molecule has 2 unspecified atom stereocenters. The molecule has 0 bridgehead atoms. The summed E-state index contributed by atoms with van der Waals surface area (Å²) in [4.78, 5) is 25.0. The Morgan fingerprint density at radius 3 is 1.79 bits per heavy atom. The molecule has 0 aromatic carbocycles. The predicted octanol–water partition coefficient (Wildman–Crippen LogP) is 6.84. The van der Waals surface area contributed by atoms with Crippen molar-refractivity contribution in [3.63, 3.8) is 0 Å². The minimum Gasteiger partial charge on any atom is -0.465 e. The van der Waals surface area contributed by atoms with Gasteiger partial charge in [-0.3, -0.25) is 9.59 Å². The van der Waals surface area contributed by atoms with Crippen LogP contribution >= 0.6 is 0 Å². The van der Waals surface area contributed by atoms with Crippen molar-refractivity contribution in [1.29, 1.82) is 0 Å². The number of carbonyl (C=O) groups is 2. The normalized spacial score (nSPS) is 19.9. The lowest BCUT2D eigenvalue weighted by atomic mass is 9.79. The third-order valence-corrected chi connectivity index (χ3v) is 5.70. The quantitative estimate of drug-likeness (QED) is 0.246. The zero-order chi connectivity index (χ0) is 21.7. The summed E-state index contributed by atoms with van der Waals surface area (Å²) < 4.78 is 11.1. The average molecular weight is 411 g/mol. The molecule has 1 aliphatic rings. The van der Waals surface area contributed by atoms with Gasteiger partial charge in [0, 0.05) is 0 Å². The van der Waals surface area contributed by atoms with E-state index in [9.17, 15) is 9.59 Å². The van der Waals surface area contributed by atoms with E-state index in [-0.39, 0.29) is 23.8 Å². The lowest BCUT2D eigenvalue weighted by Gasteiger charge is -2.31. The molecule has 29 heavy (non-hydrogen) atoms. The van der Waals surface area contributed by atoms with Crippen LogP contribution in [0, 0.1) is 17.8 Å². The first-order valence-corrected chi connectivity index (χ1v) is 12.1. The van der Waals surface area contributed by atoms with Crippen LogP contribution in [0.5, 0.6) is 0 Å². The predicted molar refractivity (Wildman–Crippen MR) is 119 cm³/mol. The maximum atomic E-state index is 12.5. The molecule has 1 aliphatic carbocycles. The number of ether oxygens (including phenoxy) is 2. The molecule has 0 aromatic heterocycles. The molecule has 0 amide bonds. The zero-order valence-corrected chi connectivity index (χ0v) is 19.8. The molecule has 0 heterocycles. The summed E-state index contributed by atoms with van der Waals surface area (Å²) in [7, 11) is 0. The van der Waals surface area contributed by atoms with Crippen LogP contribution in [-0.2, 0) is 19.1 Å². The molecule has 0 N–H and O–H groups in total. The van der Waals surface area contributed by atoms with Crippen molar-refractivity contribution in [1.82, 2.24) is 0 Å². The molecule has 170 valence electrons. The summed E-state index contributed by atoms with van der Waals surface area (Å²) in [5.41, 5.74) is -0.516.